The van der Waals surface area contributed by atoms with E-state index in [9.17, 15) is 4.79 Å². The van der Waals surface area contributed by atoms with E-state index in [1.807, 2.05) is 33.8 Å². The summed E-state index contributed by atoms with van der Waals surface area (Å²) in [5, 5.41) is 5.99. The molecule has 0 bridgehead atoms. The Balaban J connectivity index is 2.28. The van der Waals surface area contributed by atoms with Crippen LogP contribution in [0.2, 0.25) is 0 Å². The molecule has 0 saturated carbocycles. The normalized spacial score (nSPS) is 13.3. The number of carbonyl (C=O) groups is 1. The molecule has 0 aliphatic heterocycles. The molecule has 1 unspecified atom stereocenters. The summed E-state index contributed by atoms with van der Waals surface area (Å²) in [6.45, 7) is 9.48. The molecule has 0 aromatic carbocycles. The van der Waals surface area contributed by atoms with Crippen molar-refractivity contribution in [3.8, 4) is 0 Å². The van der Waals surface area contributed by atoms with Crippen LogP contribution in [0, 0.1) is 0 Å². The molecule has 2 N–H and O–H groups in total. The number of ether oxygens (including phenoxy) is 1. The van der Waals surface area contributed by atoms with Gasteiger partial charge in [-0.25, -0.2) is 0 Å². The van der Waals surface area contributed by atoms with Crippen molar-refractivity contribution in [3.05, 3.63) is 24.2 Å². The van der Waals surface area contributed by atoms with Gasteiger partial charge >= 0.3 is 0 Å². The first-order valence-electron chi connectivity index (χ1n) is 6.62. The molecule has 108 valence electrons. The molecule has 0 aliphatic rings. The number of amides is 1. The number of furan rings is 1. The highest BCUT2D eigenvalue weighted by atomic mass is 16.5. The van der Waals surface area contributed by atoms with Gasteiger partial charge in [-0.2, -0.15) is 0 Å². The van der Waals surface area contributed by atoms with E-state index < -0.39 is 0 Å². The lowest BCUT2D eigenvalue weighted by Crippen LogP contribution is -2.47. The van der Waals surface area contributed by atoms with Crippen LogP contribution in [0.4, 0.5) is 0 Å². The van der Waals surface area contributed by atoms with Crippen LogP contribution in [0.25, 0.3) is 0 Å². The summed E-state index contributed by atoms with van der Waals surface area (Å²) in [5.74, 6) is 0.693. The maximum atomic E-state index is 11.9. The molecule has 5 heteroatoms. The van der Waals surface area contributed by atoms with E-state index in [0.717, 1.165) is 5.76 Å². The molecule has 0 spiro atoms. The van der Waals surface area contributed by atoms with Gasteiger partial charge in [-0.1, -0.05) is 0 Å². The van der Waals surface area contributed by atoms with E-state index in [0.29, 0.717) is 19.7 Å². The molecule has 0 saturated heterocycles. The van der Waals surface area contributed by atoms with Gasteiger partial charge in [0.25, 0.3) is 0 Å². The average Bonchev–Trinajstić information content (AvgIpc) is 2.86. The number of carbonyl (C=O) groups excluding carboxylic acids is 1. The Hall–Kier alpha value is -1.33. The Labute approximate surface area is 114 Å². The fourth-order valence-corrected chi connectivity index (χ4v) is 1.67. The quantitative estimate of drug-likeness (QED) is 0.753. The van der Waals surface area contributed by atoms with Gasteiger partial charge in [0.1, 0.15) is 5.76 Å². The summed E-state index contributed by atoms with van der Waals surface area (Å²) in [4.78, 5) is 11.9. The van der Waals surface area contributed by atoms with Crippen LogP contribution in [-0.4, -0.2) is 30.7 Å². The highest BCUT2D eigenvalue weighted by Gasteiger charge is 2.20. The first-order valence-corrected chi connectivity index (χ1v) is 6.62. The second-order valence-electron chi connectivity index (χ2n) is 5.09. The van der Waals surface area contributed by atoms with E-state index in [2.05, 4.69) is 10.6 Å². The third-order valence-electron chi connectivity index (χ3n) is 2.78. The molecule has 0 radical (unpaired) electrons. The Kier molecular flexibility index (Phi) is 6.05. The summed E-state index contributed by atoms with van der Waals surface area (Å²) in [5.41, 5.74) is -0.274. The summed E-state index contributed by atoms with van der Waals surface area (Å²) in [7, 11) is 0. The third kappa shape index (κ3) is 5.89. The second-order valence-corrected chi connectivity index (χ2v) is 5.09. The Morgan fingerprint density at radius 2 is 2.26 bits per heavy atom. The van der Waals surface area contributed by atoms with Crippen molar-refractivity contribution < 1.29 is 13.9 Å². The lowest BCUT2D eigenvalue weighted by Gasteiger charge is -2.26. The Morgan fingerprint density at radius 1 is 1.53 bits per heavy atom. The SMILES string of the molecule is CCOC(C)(C)CNC(C)C(=O)NCc1ccco1. The second kappa shape index (κ2) is 7.31. The maximum Gasteiger partial charge on any atom is 0.237 e. The van der Waals surface area contributed by atoms with Gasteiger partial charge in [-0.05, 0) is 39.8 Å². The van der Waals surface area contributed by atoms with E-state index in [1.165, 1.54) is 0 Å². The monoisotopic (exact) mass is 268 g/mol. The van der Waals surface area contributed by atoms with Gasteiger partial charge in [0.05, 0.1) is 24.5 Å². The van der Waals surface area contributed by atoms with Crippen LogP contribution in [-0.2, 0) is 16.1 Å². The van der Waals surface area contributed by atoms with Gasteiger partial charge in [-0.15, -0.1) is 0 Å². The minimum atomic E-state index is -0.274. The molecule has 0 fully saturated rings. The van der Waals surface area contributed by atoms with E-state index in [1.54, 1.807) is 12.3 Å². The predicted molar refractivity (Wildman–Crippen MR) is 73.7 cm³/mol. The summed E-state index contributed by atoms with van der Waals surface area (Å²) in [6.07, 6.45) is 1.59. The fraction of sp³-hybridized carbons (Fsp3) is 0.643. The van der Waals surface area contributed by atoms with Gasteiger partial charge in [0.15, 0.2) is 0 Å². The van der Waals surface area contributed by atoms with Crippen LogP contribution in [0.5, 0.6) is 0 Å². The van der Waals surface area contributed by atoms with Crippen LogP contribution >= 0.6 is 0 Å². The molecular weight excluding hydrogens is 244 g/mol. The van der Waals surface area contributed by atoms with Crippen molar-refractivity contribution in [1.82, 2.24) is 10.6 Å². The zero-order chi connectivity index (χ0) is 14.3. The summed E-state index contributed by atoms with van der Waals surface area (Å²) in [6, 6.07) is 3.36. The minimum Gasteiger partial charge on any atom is -0.467 e. The molecule has 5 nitrogen and oxygen atoms in total. The van der Waals surface area contributed by atoms with Crippen molar-refractivity contribution >= 4 is 5.91 Å². The molecule has 1 rings (SSSR count). The summed E-state index contributed by atoms with van der Waals surface area (Å²) >= 11 is 0. The average molecular weight is 268 g/mol. The van der Waals surface area contributed by atoms with Crippen molar-refractivity contribution in [2.24, 2.45) is 0 Å². The van der Waals surface area contributed by atoms with Gasteiger partial charge in [-0.3, -0.25) is 4.79 Å². The number of hydrogen-bond acceptors (Lipinski definition) is 4. The first-order chi connectivity index (χ1) is 8.94. The van der Waals surface area contributed by atoms with Crippen LogP contribution < -0.4 is 10.6 Å². The summed E-state index contributed by atoms with van der Waals surface area (Å²) < 4.78 is 10.7. The highest BCUT2D eigenvalue weighted by molar-refractivity contribution is 5.81. The zero-order valence-electron chi connectivity index (χ0n) is 12.2. The molecule has 1 aromatic rings. The van der Waals surface area contributed by atoms with Gasteiger partial charge in [0.2, 0.25) is 5.91 Å². The lowest BCUT2D eigenvalue weighted by atomic mass is 10.1. The zero-order valence-corrected chi connectivity index (χ0v) is 12.2. The molecule has 1 aromatic heterocycles. The number of hydrogen-bond donors (Lipinski definition) is 2. The lowest BCUT2D eigenvalue weighted by molar-refractivity contribution is -0.123. The van der Waals surface area contributed by atoms with Crippen LogP contribution in [0.3, 0.4) is 0 Å². The molecule has 0 aliphatic carbocycles. The maximum absolute atomic E-state index is 11.9. The predicted octanol–water partition coefficient (Wildman–Crippen LogP) is 1.69. The molecule has 19 heavy (non-hydrogen) atoms. The Bertz CT molecular complexity index is 374. The molecule has 1 amide bonds. The van der Waals surface area contributed by atoms with Crippen LogP contribution in [0.1, 0.15) is 33.5 Å². The first kappa shape index (κ1) is 15.7. The molecule has 1 atom stereocenters. The smallest absolute Gasteiger partial charge is 0.237 e. The molecular formula is C14H24N2O3. The topological polar surface area (TPSA) is 63.5 Å². The van der Waals surface area contributed by atoms with E-state index in [4.69, 9.17) is 9.15 Å². The third-order valence-corrected chi connectivity index (χ3v) is 2.78. The van der Waals surface area contributed by atoms with E-state index in [-0.39, 0.29) is 17.6 Å². The van der Waals surface area contributed by atoms with Crippen LogP contribution in [0.15, 0.2) is 22.8 Å². The number of nitrogens with one attached hydrogen (secondary N) is 2. The fourth-order valence-electron chi connectivity index (χ4n) is 1.67. The van der Waals surface area contributed by atoms with Crippen molar-refractivity contribution in [3.63, 3.8) is 0 Å². The largest absolute Gasteiger partial charge is 0.467 e. The highest BCUT2D eigenvalue weighted by Crippen LogP contribution is 2.07. The van der Waals surface area contributed by atoms with Crippen molar-refractivity contribution in [2.75, 3.05) is 13.2 Å². The van der Waals surface area contributed by atoms with Crippen molar-refractivity contribution in [2.45, 2.75) is 45.9 Å². The standard InChI is InChI=1S/C14H24N2O3/c1-5-19-14(3,4)10-16-11(2)13(17)15-9-12-7-6-8-18-12/h6-8,11,16H,5,9-10H2,1-4H3,(H,15,17). The Morgan fingerprint density at radius 3 is 2.84 bits per heavy atom. The van der Waals surface area contributed by atoms with Crippen molar-refractivity contribution in [1.29, 1.82) is 0 Å². The molecule has 1 heterocycles. The van der Waals surface area contributed by atoms with Gasteiger partial charge in [0, 0.05) is 13.2 Å². The minimum absolute atomic E-state index is 0.0521. The van der Waals surface area contributed by atoms with Gasteiger partial charge < -0.3 is 19.8 Å². The van der Waals surface area contributed by atoms with E-state index >= 15 is 0 Å². The number of rotatable bonds is 8.